The Hall–Kier alpha value is -1.82. The summed E-state index contributed by atoms with van der Waals surface area (Å²) < 4.78 is 0. The SMILES string of the molecule is CC=CCC1CCC(c2ccc(-c3ccc(C)cc3)cc2)CC1. The van der Waals surface area contributed by atoms with Gasteiger partial charge in [0.25, 0.3) is 0 Å². The average Bonchev–Trinajstić information content (AvgIpc) is 2.61. The van der Waals surface area contributed by atoms with Crippen molar-refractivity contribution >= 4 is 0 Å². The van der Waals surface area contributed by atoms with Gasteiger partial charge in [-0.25, -0.2) is 0 Å². The third-order valence-electron chi connectivity index (χ3n) is 5.32. The first-order valence-corrected chi connectivity index (χ1v) is 9.04. The molecule has 120 valence electrons. The van der Waals surface area contributed by atoms with Gasteiger partial charge in [0, 0.05) is 0 Å². The van der Waals surface area contributed by atoms with E-state index in [-0.39, 0.29) is 0 Å². The molecule has 0 saturated heterocycles. The summed E-state index contributed by atoms with van der Waals surface area (Å²) in [6.45, 7) is 4.26. The van der Waals surface area contributed by atoms with E-state index >= 15 is 0 Å². The van der Waals surface area contributed by atoms with E-state index in [2.05, 4.69) is 74.5 Å². The van der Waals surface area contributed by atoms with Crippen LogP contribution in [0.3, 0.4) is 0 Å². The number of hydrogen-bond acceptors (Lipinski definition) is 0. The summed E-state index contributed by atoms with van der Waals surface area (Å²) in [6.07, 6.45) is 11.3. The van der Waals surface area contributed by atoms with Gasteiger partial charge in [-0.05, 0) is 74.5 Å². The van der Waals surface area contributed by atoms with Crippen molar-refractivity contribution in [3.05, 3.63) is 71.8 Å². The van der Waals surface area contributed by atoms with Crippen molar-refractivity contribution in [1.82, 2.24) is 0 Å². The van der Waals surface area contributed by atoms with E-state index < -0.39 is 0 Å². The number of aryl methyl sites for hydroxylation is 1. The number of rotatable bonds is 4. The Morgan fingerprint density at radius 1 is 0.826 bits per heavy atom. The second-order valence-corrected chi connectivity index (χ2v) is 7.01. The van der Waals surface area contributed by atoms with E-state index in [0.29, 0.717) is 0 Å². The zero-order valence-electron chi connectivity index (χ0n) is 14.5. The van der Waals surface area contributed by atoms with Crippen LogP contribution in [0.15, 0.2) is 60.7 Å². The highest BCUT2D eigenvalue weighted by atomic mass is 14.3. The van der Waals surface area contributed by atoms with Crippen molar-refractivity contribution in [3.63, 3.8) is 0 Å². The van der Waals surface area contributed by atoms with Gasteiger partial charge in [-0.1, -0.05) is 66.2 Å². The quantitative estimate of drug-likeness (QED) is 0.539. The Kier molecular flexibility index (Phi) is 5.33. The van der Waals surface area contributed by atoms with Gasteiger partial charge in [0.1, 0.15) is 0 Å². The first-order valence-electron chi connectivity index (χ1n) is 9.04. The van der Waals surface area contributed by atoms with Crippen molar-refractivity contribution in [2.75, 3.05) is 0 Å². The molecule has 0 unspecified atom stereocenters. The Labute approximate surface area is 141 Å². The van der Waals surface area contributed by atoms with Crippen LogP contribution in [0.4, 0.5) is 0 Å². The van der Waals surface area contributed by atoms with Gasteiger partial charge in [0.15, 0.2) is 0 Å². The molecule has 23 heavy (non-hydrogen) atoms. The summed E-state index contributed by atoms with van der Waals surface area (Å²) in [4.78, 5) is 0. The largest absolute Gasteiger partial charge is 0.0917 e. The summed E-state index contributed by atoms with van der Waals surface area (Å²) in [7, 11) is 0. The maximum Gasteiger partial charge on any atom is -0.0162 e. The first kappa shape index (κ1) is 16.1. The van der Waals surface area contributed by atoms with E-state index in [4.69, 9.17) is 0 Å². The standard InChI is InChI=1S/C23H28/c1-3-4-5-19-8-12-21(13-9-19)23-16-14-22(15-17-23)20-10-6-18(2)7-11-20/h3-4,6-7,10-11,14-17,19,21H,5,8-9,12-13H2,1-2H3. The third kappa shape index (κ3) is 4.13. The molecule has 0 radical (unpaired) electrons. The van der Waals surface area contributed by atoms with Gasteiger partial charge < -0.3 is 0 Å². The Morgan fingerprint density at radius 3 is 1.96 bits per heavy atom. The van der Waals surface area contributed by atoms with Crippen LogP contribution in [0.5, 0.6) is 0 Å². The summed E-state index contributed by atoms with van der Waals surface area (Å²) in [5.74, 6) is 1.68. The first-order chi connectivity index (χ1) is 11.3. The van der Waals surface area contributed by atoms with Crippen molar-refractivity contribution in [2.24, 2.45) is 5.92 Å². The summed E-state index contributed by atoms with van der Waals surface area (Å²) >= 11 is 0. The zero-order valence-corrected chi connectivity index (χ0v) is 14.5. The summed E-state index contributed by atoms with van der Waals surface area (Å²) in [5.41, 5.74) is 5.50. The molecule has 0 atom stereocenters. The minimum absolute atomic E-state index is 0.768. The highest BCUT2D eigenvalue weighted by Gasteiger charge is 2.21. The van der Waals surface area contributed by atoms with E-state index in [9.17, 15) is 0 Å². The predicted octanol–water partition coefficient (Wildman–Crippen LogP) is 6.90. The van der Waals surface area contributed by atoms with Gasteiger partial charge >= 0.3 is 0 Å². The van der Waals surface area contributed by atoms with Gasteiger partial charge in [-0.15, -0.1) is 0 Å². The number of allylic oxidation sites excluding steroid dienone is 2. The highest BCUT2D eigenvalue weighted by Crippen LogP contribution is 2.37. The second-order valence-electron chi connectivity index (χ2n) is 7.01. The molecular weight excluding hydrogens is 276 g/mol. The second kappa shape index (κ2) is 7.64. The fraction of sp³-hybridized carbons (Fsp3) is 0.391. The lowest BCUT2D eigenvalue weighted by atomic mass is 9.77. The summed E-state index contributed by atoms with van der Waals surface area (Å²) in [6, 6.07) is 18.1. The van der Waals surface area contributed by atoms with Crippen LogP contribution in [0.2, 0.25) is 0 Å². The molecule has 0 heteroatoms. The molecule has 1 fully saturated rings. The van der Waals surface area contributed by atoms with E-state index in [1.807, 2.05) is 0 Å². The molecule has 1 saturated carbocycles. The minimum Gasteiger partial charge on any atom is -0.0917 e. The van der Waals surface area contributed by atoms with Crippen molar-refractivity contribution in [1.29, 1.82) is 0 Å². The highest BCUT2D eigenvalue weighted by molar-refractivity contribution is 5.64. The Bertz CT molecular complexity index is 623. The molecule has 0 amide bonds. The lowest BCUT2D eigenvalue weighted by Crippen LogP contribution is -2.12. The average molecular weight is 304 g/mol. The molecule has 0 N–H and O–H groups in total. The molecule has 2 aromatic carbocycles. The third-order valence-corrected chi connectivity index (χ3v) is 5.32. The monoisotopic (exact) mass is 304 g/mol. The predicted molar refractivity (Wildman–Crippen MR) is 101 cm³/mol. The van der Waals surface area contributed by atoms with Crippen LogP contribution >= 0.6 is 0 Å². The Morgan fingerprint density at radius 2 is 1.39 bits per heavy atom. The lowest BCUT2D eigenvalue weighted by molar-refractivity contribution is 0.328. The number of benzene rings is 2. The molecule has 0 nitrogen and oxygen atoms in total. The van der Waals surface area contributed by atoms with Crippen LogP contribution in [-0.2, 0) is 0 Å². The maximum atomic E-state index is 2.35. The molecular formula is C23H28. The smallest absolute Gasteiger partial charge is 0.0162 e. The van der Waals surface area contributed by atoms with E-state index in [1.54, 1.807) is 0 Å². The molecule has 3 rings (SSSR count). The van der Waals surface area contributed by atoms with Crippen LogP contribution in [0.1, 0.15) is 56.1 Å². The topological polar surface area (TPSA) is 0 Å². The minimum atomic E-state index is 0.768. The lowest BCUT2D eigenvalue weighted by Gasteiger charge is -2.28. The van der Waals surface area contributed by atoms with Crippen LogP contribution < -0.4 is 0 Å². The molecule has 1 aliphatic carbocycles. The normalized spacial score (nSPS) is 21.7. The molecule has 1 aliphatic rings. The molecule has 2 aromatic rings. The summed E-state index contributed by atoms with van der Waals surface area (Å²) in [5, 5.41) is 0. The Balaban J connectivity index is 1.63. The molecule has 0 aliphatic heterocycles. The van der Waals surface area contributed by atoms with Crippen molar-refractivity contribution < 1.29 is 0 Å². The fourth-order valence-corrected chi connectivity index (χ4v) is 3.75. The van der Waals surface area contributed by atoms with Crippen LogP contribution in [-0.4, -0.2) is 0 Å². The van der Waals surface area contributed by atoms with E-state index in [0.717, 1.165) is 11.8 Å². The molecule has 0 spiro atoms. The molecule has 0 heterocycles. The number of hydrogen-bond donors (Lipinski definition) is 0. The maximum absolute atomic E-state index is 2.35. The molecule has 0 bridgehead atoms. The van der Waals surface area contributed by atoms with Gasteiger partial charge in [0.2, 0.25) is 0 Å². The van der Waals surface area contributed by atoms with Crippen molar-refractivity contribution in [2.45, 2.75) is 51.9 Å². The van der Waals surface area contributed by atoms with Crippen LogP contribution in [0.25, 0.3) is 11.1 Å². The van der Waals surface area contributed by atoms with Gasteiger partial charge in [0.05, 0.1) is 0 Å². The zero-order chi connectivity index (χ0) is 16.1. The van der Waals surface area contributed by atoms with Gasteiger partial charge in [-0.3, -0.25) is 0 Å². The van der Waals surface area contributed by atoms with Crippen LogP contribution in [0, 0.1) is 12.8 Å². The fourth-order valence-electron chi connectivity index (χ4n) is 3.75. The van der Waals surface area contributed by atoms with Gasteiger partial charge in [-0.2, -0.15) is 0 Å². The molecule has 0 aromatic heterocycles. The van der Waals surface area contributed by atoms with E-state index in [1.165, 1.54) is 54.4 Å². The van der Waals surface area contributed by atoms with Crippen molar-refractivity contribution in [3.8, 4) is 11.1 Å².